The molecule has 0 radical (unpaired) electrons. The lowest BCUT2D eigenvalue weighted by Gasteiger charge is -2.10. The Morgan fingerprint density at radius 3 is 2.64 bits per heavy atom. The Labute approximate surface area is 169 Å². The van der Waals surface area contributed by atoms with Gasteiger partial charge in [-0.1, -0.05) is 24.3 Å². The summed E-state index contributed by atoms with van der Waals surface area (Å²) in [5, 5.41) is 6.58. The molecular formula is C22H25N3O2S. The van der Waals surface area contributed by atoms with Crippen molar-refractivity contribution >= 4 is 16.5 Å². The maximum absolute atomic E-state index is 5.65. The molecule has 0 spiro atoms. The molecule has 28 heavy (non-hydrogen) atoms. The molecule has 3 aromatic rings. The molecular weight excluding hydrogens is 370 g/mol. The van der Waals surface area contributed by atoms with Crippen LogP contribution in [0.5, 0.6) is 5.88 Å². The standard InChI is InChI=1S/C22H25N3O2S/c1-15(2)26-11-12-27-21-10-7-16(13-23-21)18-5-3-4-6-19(18)20-14-28-22(25-20)24-17-8-9-17/h3-7,10,13-15,17H,8-9,11-12H2,1-2H3,(H,24,25). The van der Waals surface area contributed by atoms with Crippen molar-refractivity contribution in [3.05, 3.63) is 48.0 Å². The fourth-order valence-corrected chi connectivity index (χ4v) is 3.67. The lowest BCUT2D eigenvalue weighted by molar-refractivity contribution is 0.0542. The Balaban J connectivity index is 1.47. The smallest absolute Gasteiger partial charge is 0.213 e. The molecule has 1 aliphatic carbocycles. The highest BCUT2D eigenvalue weighted by Gasteiger charge is 2.22. The van der Waals surface area contributed by atoms with Gasteiger partial charge < -0.3 is 14.8 Å². The molecule has 0 aliphatic heterocycles. The maximum atomic E-state index is 5.65. The third-order valence-electron chi connectivity index (χ3n) is 4.44. The van der Waals surface area contributed by atoms with Crippen molar-refractivity contribution in [3.8, 4) is 28.3 Å². The Morgan fingerprint density at radius 1 is 1.11 bits per heavy atom. The number of rotatable bonds is 9. The van der Waals surface area contributed by atoms with E-state index in [1.54, 1.807) is 11.3 Å². The second-order valence-corrected chi connectivity index (χ2v) is 8.01. The number of hydrogen-bond donors (Lipinski definition) is 1. The zero-order valence-corrected chi connectivity index (χ0v) is 17.0. The summed E-state index contributed by atoms with van der Waals surface area (Å²) in [7, 11) is 0. The van der Waals surface area contributed by atoms with Crippen LogP contribution in [0.3, 0.4) is 0 Å². The van der Waals surface area contributed by atoms with Crippen LogP contribution in [0, 0.1) is 0 Å². The summed E-state index contributed by atoms with van der Waals surface area (Å²) < 4.78 is 11.1. The molecule has 2 heterocycles. The molecule has 1 fully saturated rings. The summed E-state index contributed by atoms with van der Waals surface area (Å²) in [6.07, 6.45) is 4.55. The van der Waals surface area contributed by atoms with Gasteiger partial charge in [-0.2, -0.15) is 0 Å². The number of thiazole rings is 1. The van der Waals surface area contributed by atoms with Crippen LogP contribution in [0.25, 0.3) is 22.4 Å². The number of nitrogens with zero attached hydrogens (tertiary/aromatic N) is 2. The first-order valence-electron chi connectivity index (χ1n) is 9.71. The molecule has 6 heteroatoms. The van der Waals surface area contributed by atoms with E-state index in [0.29, 0.717) is 25.1 Å². The van der Waals surface area contributed by atoms with E-state index in [-0.39, 0.29) is 6.10 Å². The first-order chi connectivity index (χ1) is 13.7. The maximum Gasteiger partial charge on any atom is 0.213 e. The van der Waals surface area contributed by atoms with Crippen LogP contribution in [0.1, 0.15) is 26.7 Å². The van der Waals surface area contributed by atoms with E-state index >= 15 is 0 Å². The van der Waals surface area contributed by atoms with Crippen molar-refractivity contribution in [3.63, 3.8) is 0 Å². The van der Waals surface area contributed by atoms with Crippen molar-refractivity contribution in [2.45, 2.75) is 38.8 Å². The number of benzene rings is 1. The van der Waals surface area contributed by atoms with Crippen molar-refractivity contribution in [1.82, 2.24) is 9.97 Å². The van der Waals surface area contributed by atoms with Gasteiger partial charge >= 0.3 is 0 Å². The number of hydrogen-bond acceptors (Lipinski definition) is 6. The molecule has 1 aliphatic rings. The molecule has 1 saturated carbocycles. The van der Waals surface area contributed by atoms with E-state index < -0.39 is 0 Å². The summed E-state index contributed by atoms with van der Waals surface area (Å²) >= 11 is 1.66. The highest BCUT2D eigenvalue weighted by Crippen LogP contribution is 2.35. The van der Waals surface area contributed by atoms with Crippen molar-refractivity contribution in [2.24, 2.45) is 0 Å². The van der Waals surface area contributed by atoms with E-state index in [4.69, 9.17) is 14.5 Å². The van der Waals surface area contributed by atoms with Gasteiger partial charge in [-0.05, 0) is 38.3 Å². The summed E-state index contributed by atoms with van der Waals surface area (Å²) in [6, 6.07) is 12.9. The van der Waals surface area contributed by atoms with Gasteiger partial charge in [0.2, 0.25) is 5.88 Å². The second kappa shape index (κ2) is 8.71. The number of pyridine rings is 1. The number of anilines is 1. The molecule has 0 atom stereocenters. The van der Waals surface area contributed by atoms with Crippen LogP contribution >= 0.6 is 11.3 Å². The minimum Gasteiger partial charge on any atom is -0.475 e. The Bertz CT molecular complexity index is 904. The summed E-state index contributed by atoms with van der Waals surface area (Å²) in [4.78, 5) is 9.23. The molecule has 146 valence electrons. The lowest BCUT2D eigenvalue weighted by atomic mass is 9.99. The minimum atomic E-state index is 0.209. The number of aromatic nitrogens is 2. The predicted molar refractivity (Wildman–Crippen MR) is 114 cm³/mol. The largest absolute Gasteiger partial charge is 0.475 e. The average Bonchev–Trinajstić information content (AvgIpc) is 3.40. The topological polar surface area (TPSA) is 56.3 Å². The normalized spacial score (nSPS) is 13.7. The van der Waals surface area contributed by atoms with Crippen LogP contribution in [-0.4, -0.2) is 35.3 Å². The fraction of sp³-hybridized carbons (Fsp3) is 0.364. The third kappa shape index (κ3) is 4.88. The molecule has 1 N–H and O–H groups in total. The predicted octanol–water partition coefficient (Wildman–Crippen LogP) is 5.25. The van der Waals surface area contributed by atoms with Gasteiger partial charge in [0.15, 0.2) is 5.13 Å². The first kappa shape index (κ1) is 18.9. The summed E-state index contributed by atoms with van der Waals surface area (Å²) in [5.74, 6) is 0.609. The van der Waals surface area contributed by atoms with E-state index in [1.165, 1.54) is 12.8 Å². The summed E-state index contributed by atoms with van der Waals surface area (Å²) in [5.41, 5.74) is 4.28. The third-order valence-corrected chi connectivity index (χ3v) is 5.22. The van der Waals surface area contributed by atoms with Gasteiger partial charge in [0.25, 0.3) is 0 Å². The first-order valence-corrected chi connectivity index (χ1v) is 10.6. The van der Waals surface area contributed by atoms with E-state index in [1.807, 2.05) is 44.3 Å². The van der Waals surface area contributed by atoms with Crippen LogP contribution in [-0.2, 0) is 4.74 Å². The highest BCUT2D eigenvalue weighted by molar-refractivity contribution is 7.14. The van der Waals surface area contributed by atoms with E-state index in [9.17, 15) is 0 Å². The Hall–Kier alpha value is -2.44. The molecule has 0 saturated heterocycles. The molecule has 0 amide bonds. The van der Waals surface area contributed by atoms with Crippen molar-refractivity contribution in [2.75, 3.05) is 18.5 Å². The van der Waals surface area contributed by atoms with E-state index in [2.05, 4.69) is 27.8 Å². The van der Waals surface area contributed by atoms with Gasteiger partial charge in [0.05, 0.1) is 18.4 Å². The van der Waals surface area contributed by atoms with Crippen molar-refractivity contribution in [1.29, 1.82) is 0 Å². The SMILES string of the molecule is CC(C)OCCOc1ccc(-c2ccccc2-c2csc(NC3CC3)n2)cn1. The molecule has 5 nitrogen and oxygen atoms in total. The summed E-state index contributed by atoms with van der Waals surface area (Å²) in [6.45, 7) is 5.08. The van der Waals surface area contributed by atoms with Crippen LogP contribution in [0.4, 0.5) is 5.13 Å². The molecule has 2 aromatic heterocycles. The number of ether oxygens (including phenoxy) is 2. The van der Waals surface area contributed by atoms with Gasteiger partial charge in [0.1, 0.15) is 6.61 Å². The van der Waals surface area contributed by atoms with Gasteiger partial charge in [-0.15, -0.1) is 11.3 Å². The van der Waals surface area contributed by atoms with Crippen LogP contribution in [0.15, 0.2) is 48.0 Å². The van der Waals surface area contributed by atoms with Gasteiger partial charge in [-0.25, -0.2) is 9.97 Å². The van der Waals surface area contributed by atoms with Gasteiger partial charge in [-0.3, -0.25) is 0 Å². The average molecular weight is 396 g/mol. The second-order valence-electron chi connectivity index (χ2n) is 7.16. The minimum absolute atomic E-state index is 0.209. The Morgan fingerprint density at radius 2 is 1.93 bits per heavy atom. The van der Waals surface area contributed by atoms with Crippen LogP contribution < -0.4 is 10.1 Å². The zero-order chi connectivity index (χ0) is 19.3. The molecule has 4 rings (SSSR count). The Kier molecular flexibility index (Phi) is 5.88. The van der Waals surface area contributed by atoms with Crippen LogP contribution in [0.2, 0.25) is 0 Å². The lowest BCUT2D eigenvalue weighted by Crippen LogP contribution is -2.11. The van der Waals surface area contributed by atoms with Crippen molar-refractivity contribution < 1.29 is 9.47 Å². The molecule has 1 aromatic carbocycles. The monoisotopic (exact) mass is 395 g/mol. The molecule has 0 bridgehead atoms. The van der Waals surface area contributed by atoms with E-state index in [0.717, 1.165) is 27.5 Å². The number of nitrogens with one attached hydrogen (secondary N) is 1. The quantitative estimate of drug-likeness (QED) is 0.502. The molecule has 0 unspecified atom stereocenters. The van der Waals surface area contributed by atoms with Gasteiger partial charge in [0, 0.05) is 34.8 Å². The zero-order valence-electron chi connectivity index (χ0n) is 16.2. The highest BCUT2D eigenvalue weighted by atomic mass is 32.1. The fourth-order valence-electron chi connectivity index (χ4n) is 2.88.